The van der Waals surface area contributed by atoms with Crippen LogP contribution in [0.3, 0.4) is 0 Å². The van der Waals surface area contributed by atoms with Gasteiger partial charge in [-0.05, 0) is 36.3 Å². The van der Waals surface area contributed by atoms with E-state index in [9.17, 15) is 8.78 Å². The Bertz CT molecular complexity index is 462. The molecule has 0 heterocycles. The third kappa shape index (κ3) is 3.31. The van der Waals surface area contributed by atoms with Gasteiger partial charge in [0.05, 0.1) is 6.61 Å². The van der Waals surface area contributed by atoms with Gasteiger partial charge in [-0.2, -0.15) is 4.39 Å². The van der Waals surface area contributed by atoms with E-state index in [1.54, 1.807) is 12.1 Å². The fourth-order valence-corrected chi connectivity index (χ4v) is 3.11. The highest BCUT2D eigenvalue weighted by Crippen LogP contribution is 2.33. The molecule has 1 aromatic carbocycles. The van der Waals surface area contributed by atoms with Gasteiger partial charge in [0.1, 0.15) is 0 Å². The number of rotatable bonds is 6. The van der Waals surface area contributed by atoms with Gasteiger partial charge in [0.2, 0.25) is 5.82 Å². The lowest BCUT2D eigenvalue weighted by atomic mass is 9.97. The van der Waals surface area contributed by atoms with Gasteiger partial charge in [0.25, 0.3) is 0 Å². The first kappa shape index (κ1) is 13.8. The Morgan fingerprint density at radius 1 is 0.950 bits per heavy atom. The van der Waals surface area contributed by atoms with Crippen LogP contribution in [-0.4, -0.2) is 6.61 Å². The molecule has 3 heteroatoms. The van der Waals surface area contributed by atoms with Crippen LogP contribution in [0.1, 0.15) is 50.5 Å². The van der Waals surface area contributed by atoms with Crippen LogP contribution in [0.4, 0.5) is 8.78 Å². The molecule has 0 N–H and O–H groups in total. The van der Waals surface area contributed by atoms with E-state index in [2.05, 4.69) is 0 Å². The van der Waals surface area contributed by atoms with Gasteiger partial charge in [0.15, 0.2) is 11.6 Å². The molecule has 1 nitrogen and oxygen atoms in total. The molecule has 2 aliphatic rings. The van der Waals surface area contributed by atoms with Crippen LogP contribution >= 0.6 is 0 Å². The molecule has 0 unspecified atom stereocenters. The molecule has 0 radical (unpaired) electrons. The van der Waals surface area contributed by atoms with E-state index >= 15 is 0 Å². The van der Waals surface area contributed by atoms with Gasteiger partial charge < -0.3 is 4.74 Å². The lowest BCUT2D eigenvalue weighted by Gasteiger charge is -2.13. The van der Waals surface area contributed by atoms with Gasteiger partial charge >= 0.3 is 0 Å². The van der Waals surface area contributed by atoms with Crippen molar-refractivity contribution in [3.05, 3.63) is 29.3 Å². The largest absolute Gasteiger partial charge is 0.490 e. The molecule has 0 spiro atoms. The van der Waals surface area contributed by atoms with Crippen molar-refractivity contribution in [1.82, 2.24) is 0 Å². The first-order valence-corrected chi connectivity index (χ1v) is 7.83. The minimum atomic E-state index is -0.809. The van der Waals surface area contributed by atoms with Crippen LogP contribution in [0.25, 0.3) is 0 Å². The van der Waals surface area contributed by atoms with Crippen molar-refractivity contribution in [2.45, 2.75) is 51.4 Å². The maximum absolute atomic E-state index is 14.1. The zero-order valence-electron chi connectivity index (χ0n) is 11.8. The summed E-state index contributed by atoms with van der Waals surface area (Å²) < 4.78 is 33.4. The van der Waals surface area contributed by atoms with Crippen molar-refractivity contribution in [1.29, 1.82) is 0 Å². The fraction of sp³-hybridized carbons (Fsp3) is 0.647. The Morgan fingerprint density at radius 2 is 1.70 bits per heavy atom. The van der Waals surface area contributed by atoms with Crippen LogP contribution in [-0.2, 0) is 6.42 Å². The van der Waals surface area contributed by atoms with Crippen molar-refractivity contribution in [3.63, 3.8) is 0 Å². The average molecular weight is 280 g/mol. The number of hydrogen-bond donors (Lipinski definition) is 0. The van der Waals surface area contributed by atoms with Gasteiger partial charge in [-0.25, -0.2) is 4.39 Å². The summed E-state index contributed by atoms with van der Waals surface area (Å²) in [7, 11) is 0. The zero-order chi connectivity index (χ0) is 13.9. The average Bonchev–Trinajstić information content (AvgIpc) is 3.12. The second kappa shape index (κ2) is 6.11. The molecule has 2 aliphatic carbocycles. The monoisotopic (exact) mass is 280 g/mol. The van der Waals surface area contributed by atoms with Gasteiger partial charge in [-0.3, -0.25) is 0 Å². The van der Waals surface area contributed by atoms with E-state index < -0.39 is 11.6 Å². The van der Waals surface area contributed by atoms with Crippen LogP contribution in [0.2, 0.25) is 0 Å². The molecule has 3 rings (SSSR count). The summed E-state index contributed by atoms with van der Waals surface area (Å²) >= 11 is 0. The van der Waals surface area contributed by atoms with Gasteiger partial charge in [0, 0.05) is 0 Å². The third-order valence-electron chi connectivity index (χ3n) is 4.59. The highest BCUT2D eigenvalue weighted by Gasteiger charge is 2.22. The Morgan fingerprint density at radius 3 is 2.40 bits per heavy atom. The van der Waals surface area contributed by atoms with E-state index in [-0.39, 0.29) is 5.75 Å². The highest BCUT2D eigenvalue weighted by molar-refractivity contribution is 5.31. The van der Waals surface area contributed by atoms with Crippen molar-refractivity contribution in [2.75, 3.05) is 6.61 Å². The minimum absolute atomic E-state index is 0.0679. The summed E-state index contributed by atoms with van der Waals surface area (Å²) in [6, 6.07) is 3.29. The maximum Gasteiger partial charge on any atom is 0.200 e. The van der Waals surface area contributed by atoms with Crippen LogP contribution in [0.15, 0.2) is 12.1 Å². The van der Waals surface area contributed by atoms with Crippen molar-refractivity contribution in [3.8, 4) is 5.75 Å². The second-order valence-corrected chi connectivity index (χ2v) is 6.29. The van der Waals surface area contributed by atoms with Crippen LogP contribution in [0, 0.1) is 23.5 Å². The van der Waals surface area contributed by atoms with E-state index in [0.717, 1.165) is 25.2 Å². The van der Waals surface area contributed by atoms with Crippen molar-refractivity contribution >= 4 is 0 Å². The van der Waals surface area contributed by atoms with Crippen LogP contribution < -0.4 is 4.74 Å². The normalized spacial score (nSPS) is 19.5. The molecule has 20 heavy (non-hydrogen) atoms. The maximum atomic E-state index is 14.1. The minimum Gasteiger partial charge on any atom is -0.490 e. The number of hydrogen-bond acceptors (Lipinski definition) is 1. The first-order chi connectivity index (χ1) is 9.74. The van der Waals surface area contributed by atoms with Crippen molar-refractivity contribution in [2.24, 2.45) is 11.8 Å². The van der Waals surface area contributed by atoms with Gasteiger partial charge in [-0.15, -0.1) is 0 Å². The molecule has 0 saturated heterocycles. The Balaban J connectivity index is 1.62. The molecule has 2 saturated carbocycles. The van der Waals surface area contributed by atoms with E-state index in [0.29, 0.717) is 24.5 Å². The quantitative estimate of drug-likeness (QED) is 0.722. The number of ether oxygens (including phenoxy) is 1. The number of halogens is 2. The smallest absolute Gasteiger partial charge is 0.200 e. The molecule has 0 bridgehead atoms. The molecule has 0 atom stereocenters. The molecule has 0 aliphatic heterocycles. The Hall–Kier alpha value is -1.12. The molecule has 2 fully saturated rings. The Labute approximate surface area is 119 Å². The van der Waals surface area contributed by atoms with Crippen LogP contribution in [0.5, 0.6) is 5.75 Å². The molecular weight excluding hydrogens is 258 g/mol. The van der Waals surface area contributed by atoms with E-state index in [4.69, 9.17) is 4.74 Å². The molecule has 0 amide bonds. The lowest BCUT2D eigenvalue weighted by molar-refractivity contribution is 0.282. The summed E-state index contributed by atoms with van der Waals surface area (Å²) in [6.45, 7) is 0.489. The SMILES string of the molecule is Fc1c(CC2CCCC2)ccc(OCCC2CC2)c1F. The standard InChI is InChI=1S/C17H22F2O/c18-16-14(11-13-3-1-2-4-13)7-8-15(17(16)19)20-10-9-12-5-6-12/h7-8,12-13H,1-6,9-11H2. The molecule has 0 aromatic heterocycles. The highest BCUT2D eigenvalue weighted by atomic mass is 19.2. The van der Waals surface area contributed by atoms with E-state index in [1.807, 2.05) is 0 Å². The zero-order valence-corrected chi connectivity index (χ0v) is 11.8. The lowest BCUT2D eigenvalue weighted by Crippen LogP contribution is -2.06. The summed E-state index contributed by atoms with van der Waals surface area (Å²) in [5.41, 5.74) is 0.504. The molecule has 110 valence electrons. The summed E-state index contributed by atoms with van der Waals surface area (Å²) in [4.78, 5) is 0. The molecule has 1 aromatic rings. The predicted molar refractivity (Wildman–Crippen MR) is 74.9 cm³/mol. The van der Waals surface area contributed by atoms with Gasteiger partial charge in [-0.1, -0.05) is 44.6 Å². The summed E-state index contributed by atoms with van der Waals surface area (Å²) in [6.07, 6.45) is 8.83. The molecular formula is C17H22F2O. The number of benzene rings is 1. The third-order valence-corrected chi connectivity index (χ3v) is 4.59. The van der Waals surface area contributed by atoms with E-state index in [1.165, 1.54) is 25.7 Å². The predicted octanol–water partition coefficient (Wildman–Crippen LogP) is 4.88. The topological polar surface area (TPSA) is 9.23 Å². The first-order valence-electron chi connectivity index (χ1n) is 7.83. The van der Waals surface area contributed by atoms with Crippen molar-refractivity contribution < 1.29 is 13.5 Å². The summed E-state index contributed by atoms with van der Waals surface area (Å²) in [5, 5.41) is 0. The fourth-order valence-electron chi connectivity index (χ4n) is 3.11. The second-order valence-electron chi connectivity index (χ2n) is 6.29. The summed E-state index contributed by atoms with van der Waals surface area (Å²) in [5.74, 6) is -0.189. The Kier molecular flexibility index (Phi) is 4.23.